The molecule has 1 fully saturated rings. The third-order valence-electron chi connectivity index (χ3n) is 5.16. The highest BCUT2D eigenvalue weighted by Gasteiger charge is 2.24. The van der Waals surface area contributed by atoms with Crippen LogP contribution in [0.2, 0.25) is 0 Å². The number of fused-ring (bicyclic) bond motifs is 1. The van der Waals surface area contributed by atoms with Crippen molar-refractivity contribution in [2.24, 2.45) is 0 Å². The van der Waals surface area contributed by atoms with Gasteiger partial charge in [-0.2, -0.15) is 0 Å². The van der Waals surface area contributed by atoms with Gasteiger partial charge in [-0.15, -0.1) is 11.8 Å². The van der Waals surface area contributed by atoms with E-state index in [1.807, 2.05) is 36.1 Å². The van der Waals surface area contributed by atoms with Crippen molar-refractivity contribution in [2.75, 3.05) is 43.9 Å². The molecule has 0 aliphatic carbocycles. The summed E-state index contributed by atoms with van der Waals surface area (Å²) in [6, 6.07) is 13.8. The number of hydrogen-bond acceptors (Lipinski definition) is 5. The first kappa shape index (κ1) is 19.8. The molecule has 0 radical (unpaired) electrons. The van der Waals surface area contributed by atoms with Crippen LogP contribution < -0.4 is 10.1 Å². The Balaban J connectivity index is 1.33. The van der Waals surface area contributed by atoms with Gasteiger partial charge in [0.25, 0.3) is 5.91 Å². The molecule has 2 aromatic carbocycles. The van der Waals surface area contributed by atoms with Gasteiger partial charge in [-0.3, -0.25) is 14.5 Å². The molecule has 152 valence electrons. The molecule has 6 nitrogen and oxygen atoms in total. The molecule has 0 unspecified atom stereocenters. The van der Waals surface area contributed by atoms with Gasteiger partial charge in [0.05, 0.1) is 18.0 Å². The summed E-state index contributed by atoms with van der Waals surface area (Å²) in [5, 5.41) is 2.86. The number of nitrogens with one attached hydrogen (secondary N) is 1. The molecule has 2 amide bonds. The van der Waals surface area contributed by atoms with Gasteiger partial charge in [0.1, 0.15) is 5.75 Å². The quantitative estimate of drug-likeness (QED) is 0.819. The zero-order valence-electron chi connectivity index (χ0n) is 16.5. The first-order chi connectivity index (χ1) is 14.1. The van der Waals surface area contributed by atoms with Gasteiger partial charge in [0.15, 0.2) is 0 Å². The zero-order chi connectivity index (χ0) is 20.2. The number of carbonyl (C=O) groups is 2. The number of nitrogens with zero attached hydrogens (tertiary/aromatic N) is 2. The largest absolute Gasteiger partial charge is 0.494 e. The van der Waals surface area contributed by atoms with E-state index in [1.165, 1.54) is 17.3 Å². The summed E-state index contributed by atoms with van der Waals surface area (Å²) in [6.07, 6.45) is 0. The molecule has 2 aromatic rings. The molecule has 0 aromatic heterocycles. The summed E-state index contributed by atoms with van der Waals surface area (Å²) >= 11 is 1.51. The lowest BCUT2D eigenvalue weighted by Crippen LogP contribution is -2.48. The van der Waals surface area contributed by atoms with Crippen LogP contribution in [0.15, 0.2) is 47.4 Å². The monoisotopic (exact) mass is 411 g/mol. The number of piperazine rings is 1. The molecule has 29 heavy (non-hydrogen) atoms. The minimum absolute atomic E-state index is 0.0185. The van der Waals surface area contributed by atoms with Crippen LogP contribution in [-0.2, 0) is 11.3 Å². The average Bonchev–Trinajstić information content (AvgIpc) is 2.75. The topological polar surface area (TPSA) is 61.9 Å². The fourth-order valence-corrected chi connectivity index (χ4v) is 4.41. The molecule has 4 rings (SSSR count). The van der Waals surface area contributed by atoms with Crippen molar-refractivity contribution in [3.8, 4) is 5.75 Å². The van der Waals surface area contributed by atoms with E-state index in [0.717, 1.165) is 36.0 Å². The Morgan fingerprint density at radius 1 is 1.10 bits per heavy atom. The van der Waals surface area contributed by atoms with E-state index in [2.05, 4.69) is 22.3 Å². The summed E-state index contributed by atoms with van der Waals surface area (Å²) in [5.74, 6) is 1.33. The van der Waals surface area contributed by atoms with Crippen LogP contribution in [-0.4, -0.2) is 60.2 Å². The molecule has 0 atom stereocenters. The predicted octanol–water partition coefficient (Wildman–Crippen LogP) is 3.09. The zero-order valence-corrected chi connectivity index (χ0v) is 17.3. The number of hydrogen-bond donors (Lipinski definition) is 1. The van der Waals surface area contributed by atoms with Crippen LogP contribution in [0.5, 0.6) is 5.75 Å². The minimum atomic E-state index is -0.0185. The fourth-order valence-electron chi connectivity index (χ4n) is 3.62. The Kier molecular flexibility index (Phi) is 6.06. The summed E-state index contributed by atoms with van der Waals surface area (Å²) in [4.78, 5) is 29.8. The van der Waals surface area contributed by atoms with Crippen LogP contribution in [0.3, 0.4) is 0 Å². The molecule has 0 saturated carbocycles. The lowest BCUT2D eigenvalue weighted by molar-refractivity contribution is -0.113. The Morgan fingerprint density at radius 2 is 1.86 bits per heavy atom. The van der Waals surface area contributed by atoms with Crippen molar-refractivity contribution < 1.29 is 14.3 Å². The second kappa shape index (κ2) is 8.88. The summed E-state index contributed by atoms with van der Waals surface area (Å²) in [6.45, 7) is 6.62. The van der Waals surface area contributed by atoms with Gasteiger partial charge in [0.2, 0.25) is 5.91 Å². The highest BCUT2D eigenvalue weighted by atomic mass is 32.2. The maximum Gasteiger partial charge on any atom is 0.254 e. The van der Waals surface area contributed by atoms with Crippen molar-refractivity contribution >= 4 is 29.3 Å². The fraction of sp³-hybridized carbons (Fsp3) is 0.364. The first-order valence-electron chi connectivity index (χ1n) is 9.92. The number of thioether (sulfide) groups is 1. The van der Waals surface area contributed by atoms with Crippen LogP contribution in [0.4, 0.5) is 5.69 Å². The number of benzene rings is 2. The molecular weight excluding hydrogens is 386 g/mol. The van der Waals surface area contributed by atoms with E-state index in [1.54, 1.807) is 6.07 Å². The molecular formula is C22H25N3O3S. The number of anilines is 1. The SMILES string of the molecule is CCOc1ccc(CN2CCN(C(=O)c3ccc4c(c3)NC(=O)CS4)CC2)cc1. The molecule has 0 bridgehead atoms. The van der Waals surface area contributed by atoms with E-state index in [0.29, 0.717) is 31.0 Å². The smallest absolute Gasteiger partial charge is 0.254 e. The maximum absolute atomic E-state index is 12.9. The predicted molar refractivity (Wildman–Crippen MR) is 115 cm³/mol. The Bertz CT molecular complexity index is 893. The van der Waals surface area contributed by atoms with Gasteiger partial charge in [0, 0.05) is 43.2 Å². The molecule has 0 spiro atoms. The third kappa shape index (κ3) is 4.74. The number of ether oxygens (including phenoxy) is 1. The lowest BCUT2D eigenvalue weighted by Gasteiger charge is -2.35. The second-order valence-corrected chi connectivity index (χ2v) is 8.21. The van der Waals surface area contributed by atoms with Gasteiger partial charge in [-0.1, -0.05) is 12.1 Å². The second-order valence-electron chi connectivity index (χ2n) is 7.19. The van der Waals surface area contributed by atoms with E-state index >= 15 is 0 Å². The number of carbonyl (C=O) groups excluding carboxylic acids is 2. The minimum Gasteiger partial charge on any atom is -0.494 e. The van der Waals surface area contributed by atoms with Crippen molar-refractivity contribution in [3.05, 3.63) is 53.6 Å². The Hall–Kier alpha value is -2.51. The van der Waals surface area contributed by atoms with Crippen molar-refractivity contribution in [1.82, 2.24) is 9.80 Å². The van der Waals surface area contributed by atoms with Gasteiger partial charge in [-0.05, 0) is 42.8 Å². The summed E-state index contributed by atoms with van der Waals surface area (Å²) < 4.78 is 5.49. The van der Waals surface area contributed by atoms with Crippen molar-refractivity contribution in [2.45, 2.75) is 18.4 Å². The van der Waals surface area contributed by atoms with Gasteiger partial charge >= 0.3 is 0 Å². The third-order valence-corrected chi connectivity index (χ3v) is 6.23. The van der Waals surface area contributed by atoms with E-state index in [4.69, 9.17) is 4.74 Å². The average molecular weight is 412 g/mol. The van der Waals surface area contributed by atoms with E-state index < -0.39 is 0 Å². The standard InChI is InChI=1S/C22H25N3O3S/c1-2-28-18-6-3-16(4-7-18)14-24-9-11-25(12-10-24)22(27)17-5-8-20-19(13-17)23-21(26)15-29-20/h3-8,13H,2,9-12,14-15H2,1H3,(H,23,26). The molecule has 1 N–H and O–H groups in total. The number of amides is 2. The number of rotatable bonds is 5. The van der Waals surface area contributed by atoms with Crippen LogP contribution in [0, 0.1) is 0 Å². The summed E-state index contributed by atoms with van der Waals surface area (Å²) in [7, 11) is 0. The molecule has 2 heterocycles. The Labute approximate surface area is 175 Å². The van der Waals surface area contributed by atoms with Crippen LogP contribution >= 0.6 is 11.8 Å². The van der Waals surface area contributed by atoms with Crippen molar-refractivity contribution in [1.29, 1.82) is 0 Å². The highest BCUT2D eigenvalue weighted by molar-refractivity contribution is 8.00. The van der Waals surface area contributed by atoms with Crippen LogP contribution in [0.1, 0.15) is 22.8 Å². The highest BCUT2D eigenvalue weighted by Crippen LogP contribution is 2.32. The molecule has 7 heteroatoms. The summed E-state index contributed by atoms with van der Waals surface area (Å²) in [5.41, 5.74) is 2.62. The first-order valence-corrected chi connectivity index (χ1v) is 10.9. The maximum atomic E-state index is 12.9. The normalized spacial score (nSPS) is 16.9. The molecule has 2 aliphatic rings. The van der Waals surface area contributed by atoms with Crippen LogP contribution in [0.25, 0.3) is 0 Å². The molecule has 2 aliphatic heterocycles. The van der Waals surface area contributed by atoms with Gasteiger partial charge in [-0.25, -0.2) is 0 Å². The van der Waals surface area contributed by atoms with Gasteiger partial charge < -0.3 is 15.0 Å². The lowest BCUT2D eigenvalue weighted by atomic mass is 10.1. The van der Waals surface area contributed by atoms with E-state index in [-0.39, 0.29) is 11.8 Å². The van der Waals surface area contributed by atoms with Crippen molar-refractivity contribution in [3.63, 3.8) is 0 Å². The van der Waals surface area contributed by atoms with E-state index in [9.17, 15) is 9.59 Å². The Morgan fingerprint density at radius 3 is 2.59 bits per heavy atom. The molecule has 1 saturated heterocycles.